The van der Waals surface area contributed by atoms with E-state index in [0.29, 0.717) is 6.54 Å². The van der Waals surface area contributed by atoms with Crippen LogP contribution in [0.15, 0.2) is 48.7 Å². The molecule has 1 atom stereocenters. The number of nitrogens with zero attached hydrogens (tertiary/aromatic N) is 3. The molecule has 164 valence electrons. The van der Waals surface area contributed by atoms with Gasteiger partial charge in [-0.1, -0.05) is 12.1 Å². The quantitative estimate of drug-likeness (QED) is 0.666. The second-order valence-electron chi connectivity index (χ2n) is 8.87. The lowest BCUT2D eigenvalue weighted by molar-refractivity contribution is -0.122. The molecule has 3 aromatic rings. The van der Waals surface area contributed by atoms with Crippen LogP contribution in [0.5, 0.6) is 0 Å². The van der Waals surface area contributed by atoms with E-state index in [-0.39, 0.29) is 24.2 Å². The molecule has 1 aromatic heterocycles. The van der Waals surface area contributed by atoms with E-state index in [1.807, 2.05) is 62.5 Å². The lowest BCUT2D eigenvalue weighted by atomic mass is 10.1. The second-order valence-corrected chi connectivity index (χ2v) is 8.87. The number of amides is 2. The van der Waals surface area contributed by atoms with Crippen LogP contribution in [0.2, 0.25) is 0 Å². The summed E-state index contributed by atoms with van der Waals surface area (Å²) in [6, 6.07) is 13.8. The molecular formula is C26H28N4O2. The Bertz CT molecular complexity index is 1180. The maximum atomic E-state index is 12.9. The Morgan fingerprint density at radius 2 is 1.91 bits per heavy atom. The van der Waals surface area contributed by atoms with E-state index in [2.05, 4.69) is 14.9 Å². The highest BCUT2D eigenvalue weighted by Crippen LogP contribution is 2.30. The molecule has 0 bridgehead atoms. The molecule has 0 spiro atoms. The van der Waals surface area contributed by atoms with Crippen molar-refractivity contribution in [1.29, 1.82) is 0 Å². The minimum absolute atomic E-state index is 0.00159. The van der Waals surface area contributed by atoms with Gasteiger partial charge in [0.2, 0.25) is 11.8 Å². The predicted octanol–water partition coefficient (Wildman–Crippen LogP) is 4.49. The van der Waals surface area contributed by atoms with Crippen LogP contribution >= 0.6 is 0 Å². The molecule has 6 heteroatoms. The lowest BCUT2D eigenvalue weighted by Gasteiger charge is -2.20. The smallest absolute Gasteiger partial charge is 0.229 e. The maximum absolute atomic E-state index is 12.9. The fraction of sp³-hybridized carbons (Fsp3) is 0.346. The molecule has 2 aliphatic rings. The summed E-state index contributed by atoms with van der Waals surface area (Å²) in [5.41, 5.74) is 6.21. The van der Waals surface area contributed by atoms with Crippen molar-refractivity contribution in [3.63, 3.8) is 0 Å². The van der Waals surface area contributed by atoms with Crippen LogP contribution in [0.4, 0.5) is 11.4 Å². The molecule has 2 aliphatic heterocycles. The first kappa shape index (κ1) is 20.5. The molecule has 1 N–H and O–H groups in total. The zero-order valence-electron chi connectivity index (χ0n) is 18.6. The third-order valence-corrected chi connectivity index (χ3v) is 6.78. The summed E-state index contributed by atoms with van der Waals surface area (Å²) in [7, 11) is 0. The van der Waals surface area contributed by atoms with Gasteiger partial charge in [0, 0.05) is 48.3 Å². The van der Waals surface area contributed by atoms with Gasteiger partial charge in [-0.05, 0) is 74.6 Å². The third-order valence-electron chi connectivity index (χ3n) is 6.78. The highest BCUT2D eigenvalue weighted by molar-refractivity contribution is 6.04. The standard InChI is InChI=1S/C26H28N4O2/c1-17-6-5-8-23(18(17)2)30-16-20(14-24(30)31)26(32)28-21-11-9-19(10-12-21)25-27-15-22-7-3-4-13-29(22)25/h5-6,8-12,15,20H,3-4,7,13-14,16H2,1-2H3,(H,28,32). The SMILES string of the molecule is Cc1cccc(N2CC(C(=O)Nc3ccc(-c4ncc5n4CCCC5)cc3)CC2=O)c1C. The molecule has 5 rings (SSSR count). The van der Waals surface area contributed by atoms with Gasteiger partial charge >= 0.3 is 0 Å². The topological polar surface area (TPSA) is 67.2 Å². The number of imidazole rings is 1. The van der Waals surface area contributed by atoms with Crippen molar-refractivity contribution in [1.82, 2.24) is 9.55 Å². The van der Waals surface area contributed by atoms with E-state index in [9.17, 15) is 9.59 Å². The Hall–Kier alpha value is -3.41. The Morgan fingerprint density at radius 3 is 2.72 bits per heavy atom. The normalized spacial score (nSPS) is 18.0. The van der Waals surface area contributed by atoms with E-state index in [4.69, 9.17) is 0 Å². The number of carbonyl (C=O) groups is 2. The third kappa shape index (κ3) is 3.70. The monoisotopic (exact) mass is 428 g/mol. The van der Waals surface area contributed by atoms with E-state index in [1.54, 1.807) is 4.90 Å². The van der Waals surface area contributed by atoms with Gasteiger partial charge < -0.3 is 14.8 Å². The van der Waals surface area contributed by atoms with E-state index in [1.165, 1.54) is 18.5 Å². The molecule has 3 heterocycles. The maximum Gasteiger partial charge on any atom is 0.229 e. The largest absolute Gasteiger partial charge is 0.328 e. The van der Waals surface area contributed by atoms with Crippen molar-refractivity contribution in [2.24, 2.45) is 5.92 Å². The summed E-state index contributed by atoms with van der Waals surface area (Å²) >= 11 is 0. The Labute approximate surface area is 188 Å². The molecule has 2 aromatic carbocycles. The molecule has 1 saturated heterocycles. The van der Waals surface area contributed by atoms with Gasteiger partial charge in [-0.2, -0.15) is 0 Å². The molecule has 0 radical (unpaired) electrons. The number of rotatable bonds is 4. The number of carbonyl (C=O) groups excluding carboxylic acids is 2. The van der Waals surface area contributed by atoms with E-state index >= 15 is 0 Å². The number of nitrogens with one attached hydrogen (secondary N) is 1. The molecule has 2 amide bonds. The van der Waals surface area contributed by atoms with Crippen LogP contribution in [-0.4, -0.2) is 27.9 Å². The molecule has 0 aliphatic carbocycles. The Balaban J connectivity index is 1.27. The van der Waals surface area contributed by atoms with Gasteiger partial charge in [0.05, 0.1) is 5.92 Å². The lowest BCUT2D eigenvalue weighted by Crippen LogP contribution is -2.28. The molecule has 0 saturated carbocycles. The number of benzene rings is 2. The zero-order valence-corrected chi connectivity index (χ0v) is 18.6. The van der Waals surface area contributed by atoms with Gasteiger partial charge in [-0.3, -0.25) is 9.59 Å². The summed E-state index contributed by atoms with van der Waals surface area (Å²) in [6.45, 7) is 5.47. The first-order valence-corrected chi connectivity index (χ1v) is 11.3. The van der Waals surface area contributed by atoms with E-state index in [0.717, 1.165) is 46.9 Å². The van der Waals surface area contributed by atoms with Crippen molar-refractivity contribution in [3.8, 4) is 11.4 Å². The Kier molecular flexibility index (Phi) is 5.29. The number of aryl methyl sites for hydroxylation is 2. The van der Waals surface area contributed by atoms with Gasteiger partial charge in [-0.25, -0.2) is 4.98 Å². The van der Waals surface area contributed by atoms with Crippen LogP contribution in [0, 0.1) is 19.8 Å². The van der Waals surface area contributed by atoms with Crippen molar-refractivity contribution in [2.45, 2.75) is 46.1 Å². The average molecular weight is 429 g/mol. The summed E-state index contributed by atoms with van der Waals surface area (Å²) in [4.78, 5) is 31.9. The highest BCUT2D eigenvalue weighted by Gasteiger charge is 2.35. The van der Waals surface area contributed by atoms with Crippen molar-refractivity contribution in [2.75, 3.05) is 16.8 Å². The van der Waals surface area contributed by atoms with Crippen molar-refractivity contribution < 1.29 is 9.59 Å². The van der Waals surface area contributed by atoms with Crippen molar-refractivity contribution >= 4 is 23.2 Å². The van der Waals surface area contributed by atoms with Crippen molar-refractivity contribution in [3.05, 3.63) is 65.5 Å². The summed E-state index contributed by atoms with van der Waals surface area (Å²) in [5.74, 6) is 0.514. The van der Waals surface area contributed by atoms with Crippen LogP contribution in [0.25, 0.3) is 11.4 Å². The first-order valence-electron chi connectivity index (χ1n) is 11.3. The molecule has 32 heavy (non-hydrogen) atoms. The minimum atomic E-state index is -0.360. The fourth-order valence-electron chi connectivity index (χ4n) is 4.76. The number of anilines is 2. The zero-order chi connectivity index (χ0) is 22.2. The fourth-order valence-corrected chi connectivity index (χ4v) is 4.76. The van der Waals surface area contributed by atoms with Crippen LogP contribution in [0.3, 0.4) is 0 Å². The molecule has 1 fully saturated rings. The number of fused-ring (bicyclic) bond motifs is 1. The minimum Gasteiger partial charge on any atom is -0.328 e. The molecular weight excluding hydrogens is 400 g/mol. The average Bonchev–Trinajstić information content (AvgIpc) is 3.40. The van der Waals surface area contributed by atoms with Crippen LogP contribution in [0.1, 0.15) is 36.1 Å². The summed E-state index contributed by atoms with van der Waals surface area (Å²) in [6.07, 6.45) is 5.70. The Morgan fingerprint density at radius 1 is 1.09 bits per heavy atom. The molecule has 6 nitrogen and oxygen atoms in total. The van der Waals surface area contributed by atoms with E-state index < -0.39 is 0 Å². The number of hydrogen-bond donors (Lipinski definition) is 1. The van der Waals surface area contributed by atoms with Gasteiger partial charge in [0.15, 0.2) is 0 Å². The highest BCUT2D eigenvalue weighted by atomic mass is 16.2. The van der Waals surface area contributed by atoms with Crippen LogP contribution in [-0.2, 0) is 22.6 Å². The second kappa shape index (κ2) is 8.26. The van der Waals surface area contributed by atoms with Gasteiger partial charge in [0.1, 0.15) is 5.82 Å². The predicted molar refractivity (Wildman–Crippen MR) is 126 cm³/mol. The van der Waals surface area contributed by atoms with Crippen LogP contribution < -0.4 is 10.2 Å². The number of hydrogen-bond acceptors (Lipinski definition) is 3. The van der Waals surface area contributed by atoms with Gasteiger partial charge in [-0.15, -0.1) is 0 Å². The first-order chi connectivity index (χ1) is 15.5. The van der Waals surface area contributed by atoms with Gasteiger partial charge in [0.25, 0.3) is 0 Å². The molecule has 1 unspecified atom stereocenters. The summed E-state index contributed by atoms with van der Waals surface area (Å²) < 4.78 is 2.29. The summed E-state index contributed by atoms with van der Waals surface area (Å²) in [5, 5.41) is 2.99. The number of aromatic nitrogens is 2.